The van der Waals surface area contributed by atoms with E-state index in [0.717, 1.165) is 31.2 Å². The van der Waals surface area contributed by atoms with E-state index >= 15 is 0 Å². The average Bonchev–Trinajstić information content (AvgIpc) is 3.34. The van der Waals surface area contributed by atoms with Crippen LogP contribution in [0.15, 0.2) is 24.5 Å². The zero-order valence-corrected chi connectivity index (χ0v) is 13.8. The van der Waals surface area contributed by atoms with Crippen LogP contribution < -0.4 is 0 Å². The molecular weight excluding hydrogens is 326 g/mol. The number of carbonyl (C=O) groups excluding carboxylic acids is 1. The van der Waals surface area contributed by atoms with Gasteiger partial charge in [0.25, 0.3) is 0 Å². The summed E-state index contributed by atoms with van der Waals surface area (Å²) >= 11 is 0. The van der Waals surface area contributed by atoms with Gasteiger partial charge in [-0.25, -0.2) is 13.8 Å². The lowest BCUT2D eigenvalue weighted by atomic mass is 9.77. The van der Waals surface area contributed by atoms with Crippen molar-refractivity contribution >= 4 is 5.91 Å². The summed E-state index contributed by atoms with van der Waals surface area (Å²) in [5.74, 6) is -0.376. The van der Waals surface area contributed by atoms with Crippen molar-refractivity contribution in [1.82, 2.24) is 20.1 Å². The molecular formula is C18H20F2N4O. The van der Waals surface area contributed by atoms with Crippen molar-refractivity contribution in [2.24, 2.45) is 0 Å². The van der Waals surface area contributed by atoms with E-state index < -0.39 is 17.0 Å². The third-order valence-corrected chi connectivity index (χ3v) is 5.61. The van der Waals surface area contributed by atoms with Gasteiger partial charge in [0, 0.05) is 30.6 Å². The molecule has 1 saturated heterocycles. The number of H-pyrrole nitrogens is 1. The Kier molecular flexibility index (Phi) is 4.01. The number of rotatable bonds is 3. The maximum Gasteiger partial charge on any atom is 0.233 e. The van der Waals surface area contributed by atoms with Crippen molar-refractivity contribution < 1.29 is 13.6 Å². The van der Waals surface area contributed by atoms with Crippen LogP contribution >= 0.6 is 0 Å². The smallest absolute Gasteiger partial charge is 0.233 e. The van der Waals surface area contributed by atoms with Gasteiger partial charge in [-0.2, -0.15) is 5.10 Å². The molecule has 2 aliphatic rings. The van der Waals surface area contributed by atoms with E-state index in [1.54, 1.807) is 4.90 Å². The highest BCUT2D eigenvalue weighted by Gasteiger charge is 2.47. The fraction of sp³-hybridized carbons (Fsp3) is 0.500. The fourth-order valence-corrected chi connectivity index (χ4v) is 4.34. The third-order valence-electron chi connectivity index (χ3n) is 5.61. The van der Waals surface area contributed by atoms with E-state index in [1.165, 1.54) is 18.5 Å². The Morgan fingerprint density at radius 2 is 2.08 bits per heavy atom. The number of hydrogen-bond acceptors (Lipinski definition) is 3. The average molecular weight is 346 g/mol. The molecule has 25 heavy (non-hydrogen) atoms. The molecule has 7 heteroatoms. The number of halogens is 2. The predicted molar refractivity (Wildman–Crippen MR) is 86.8 cm³/mol. The Balaban J connectivity index is 1.62. The number of carbonyl (C=O) groups is 1. The zero-order valence-electron chi connectivity index (χ0n) is 13.8. The first kappa shape index (κ1) is 16.2. The maximum atomic E-state index is 14.5. The highest BCUT2D eigenvalue weighted by atomic mass is 19.1. The number of aromatic nitrogens is 3. The molecule has 1 atom stereocenters. The van der Waals surface area contributed by atoms with Crippen LogP contribution in [0, 0.1) is 11.6 Å². The molecule has 5 nitrogen and oxygen atoms in total. The summed E-state index contributed by atoms with van der Waals surface area (Å²) < 4.78 is 27.8. The third kappa shape index (κ3) is 2.71. The maximum absolute atomic E-state index is 14.5. The number of nitrogens with zero attached hydrogens (tertiary/aromatic N) is 3. The van der Waals surface area contributed by atoms with Crippen molar-refractivity contribution in [2.75, 3.05) is 13.1 Å². The van der Waals surface area contributed by atoms with Crippen LogP contribution in [0.5, 0.6) is 0 Å². The molecule has 1 saturated carbocycles. The topological polar surface area (TPSA) is 61.9 Å². The molecule has 1 amide bonds. The first-order valence-corrected chi connectivity index (χ1v) is 8.70. The SMILES string of the molecule is O=C(N1CCC(c2ncn[nH]2)C1)C1(c2ccc(F)cc2F)CCCC1. The van der Waals surface area contributed by atoms with Gasteiger partial charge in [-0.15, -0.1) is 0 Å². The summed E-state index contributed by atoms with van der Waals surface area (Å²) in [6.45, 7) is 1.17. The number of likely N-dealkylation sites (tertiary alicyclic amines) is 1. The van der Waals surface area contributed by atoms with Gasteiger partial charge in [0.05, 0.1) is 5.41 Å². The second-order valence-electron chi connectivity index (χ2n) is 7.02. The molecule has 0 spiro atoms. The first-order chi connectivity index (χ1) is 12.1. The summed E-state index contributed by atoms with van der Waals surface area (Å²) in [5.41, 5.74) is -0.534. The predicted octanol–water partition coefficient (Wildman–Crippen LogP) is 2.91. The van der Waals surface area contributed by atoms with Crippen molar-refractivity contribution in [3.63, 3.8) is 0 Å². The van der Waals surface area contributed by atoms with Gasteiger partial charge in [-0.1, -0.05) is 18.9 Å². The minimum Gasteiger partial charge on any atom is -0.341 e. The van der Waals surface area contributed by atoms with E-state index in [9.17, 15) is 13.6 Å². The second kappa shape index (κ2) is 6.20. The van der Waals surface area contributed by atoms with E-state index in [2.05, 4.69) is 15.2 Å². The molecule has 1 N–H and O–H groups in total. The van der Waals surface area contributed by atoms with Crippen molar-refractivity contribution in [1.29, 1.82) is 0 Å². The number of nitrogens with one attached hydrogen (secondary N) is 1. The fourth-order valence-electron chi connectivity index (χ4n) is 4.34. The Labute approximate surface area is 144 Å². The van der Waals surface area contributed by atoms with Crippen LogP contribution in [0.2, 0.25) is 0 Å². The van der Waals surface area contributed by atoms with Crippen LogP contribution in [0.1, 0.15) is 49.4 Å². The van der Waals surface area contributed by atoms with Crippen LogP contribution in [0.3, 0.4) is 0 Å². The zero-order chi connectivity index (χ0) is 17.4. The van der Waals surface area contributed by atoms with Crippen molar-refractivity contribution in [3.05, 3.63) is 47.5 Å². The number of amides is 1. The lowest BCUT2D eigenvalue weighted by molar-refractivity contribution is -0.136. The summed E-state index contributed by atoms with van der Waals surface area (Å²) in [5, 5.41) is 6.73. The minimum atomic E-state index is -0.867. The molecule has 0 radical (unpaired) electrons. The largest absolute Gasteiger partial charge is 0.341 e. The molecule has 1 aromatic heterocycles. The van der Waals surface area contributed by atoms with Gasteiger partial charge in [0.15, 0.2) is 0 Å². The second-order valence-corrected chi connectivity index (χ2v) is 7.02. The standard InChI is InChI=1S/C18H20F2N4O/c19-13-3-4-14(15(20)9-13)18(6-1-2-7-18)17(25)24-8-5-12(10-24)16-21-11-22-23-16/h3-4,9,11-12H,1-2,5-8,10H2,(H,21,22,23). The molecule has 2 aromatic rings. The summed E-state index contributed by atoms with van der Waals surface area (Å²) in [6, 6.07) is 3.56. The van der Waals surface area contributed by atoms with E-state index in [4.69, 9.17) is 0 Å². The quantitative estimate of drug-likeness (QED) is 0.929. The van der Waals surface area contributed by atoms with Crippen LogP contribution in [0.25, 0.3) is 0 Å². The normalized spacial score (nSPS) is 22.5. The highest BCUT2D eigenvalue weighted by molar-refractivity contribution is 5.89. The molecule has 1 unspecified atom stereocenters. The molecule has 132 valence electrons. The van der Waals surface area contributed by atoms with Gasteiger partial charge in [0.1, 0.15) is 23.8 Å². The molecule has 2 heterocycles. The molecule has 0 bridgehead atoms. The lowest BCUT2D eigenvalue weighted by Crippen LogP contribution is -2.45. The van der Waals surface area contributed by atoms with Crippen molar-refractivity contribution in [2.45, 2.75) is 43.4 Å². The summed E-state index contributed by atoms with van der Waals surface area (Å²) in [4.78, 5) is 19.3. The number of hydrogen-bond donors (Lipinski definition) is 1. The molecule has 1 aliphatic carbocycles. The Morgan fingerprint density at radius 1 is 1.28 bits per heavy atom. The lowest BCUT2D eigenvalue weighted by Gasteiger charge is -2.33. The monoisotopic (exact) mass is 346 g/mol. The van der Waals surface area contributed by atoms with Crippen LogP contribution in [-0.4, -0.2) is 39.1 Å². The van der Waals surface area contributed by atoms with Gasteiger partial charge < -0.3 is 4.90 Å². The summed E-state index contributed by atoms with van der Waals surface area (Å²) in [7, 11) is 0. The molecule has 4 rings (SSSR count). The number of benzene rings is 1. The van der Waals surface area contributed by atoms with Crippen LogP contribution in [-0.2, 0) is 10.2 Å². The van der Waals surface area contributed by atoms with E-state index in [1.807, 2.05) is 0 Å². The Hall–Kier alpha value is -2.31. The van der Waals surface area contributed by atoms with Gasteiger partial charge in [0.2, 0.25) is 5.91 Å². The Bertz CT molecular complexity index is 771. The molecule has 1 aromatic carbocycles. The Morgan fingerprint density at radius 3 is 2.76 bits per heavy atom. The molecule has 1 aliphatic heterocycles. The molecule has 2 fully saturated rings. The van der Waals surface area contributed by atoms with Gasteiger partial charge in [-0.3, -0.25) is 9.89 Å². The minimum absolute atomic E-state index is 0.0440. The highest BCUT2D eigenvalue weighted by Crippen LogP contribution is 2.44. The van der Waals surface area contributed by atoms with Crippen molar-refractivity contribution in [3.8, 4) is 0 Å². The number of aromatic amines is 1. The first-order valence-electron chi connectivity index (χ1n) is 8.70. The summed E-state index contributed by atoms with van der Waals surface area (Å²) in [6.07, 6.45) is 5.24. The van der Waals surface area contributed by atoms with Crippen LogP contribution in [0.4, 0.5) is 8.78 Å². The van der Waals surface area contributed by atoms with E-state index in [-0.39, 0.29) is 11.8 Å². The van der Waals surface area contributed by atoms with Gasteiger partial charge >= 0.3 is 0 Å². The van der Waals surface area contributed by atoms with E-state index in [0.29, 0.717) is 31.5 Å². The van der Waals surface area contributed by atoms with Gasteiger partial charge in [-0.05, 0) is 25.3 Å².